The van der Waals surface area contributed by atoms with Crippen LogP contribution in [0.1, 0.15) is 41.5 Å². The Morgan fingerprint density at radius 2 is 0.846 bits per heavy atom. The standard InChI is InChI=1S/C12H22.Y/c1-9(11(3,4)5)10(2)12(6,7)8;/h1-2H2,3-8H3;/q-2;/b10-9-;. The molecule has 0 aliphatic carbocycles. The van der Waals surface area contributed by atoms with E-state index < -0.39 is 0 Å². The number of hydrogen-bond acceptors (Lipinski definition) is 0. The van der Waals surface area contributed by atoms with Gasteiger partial charge in [-0.2, -0.15) is 0 Å². The molecule has 13 heavy (non-hydrogen) atoms. The van der Waals surface area contributed by atoms with E-state index in [0.29, 0.717) is 0 Å². The van der Waals surface area contributed by atoms with Crippen molar-refractivity contribution in [2.75, 3.05) is 0 Å². The summed E-state index contributed by atoms with van der Waals surface area (Å²) in [5.41, 5.74) is 2.61. The third-order valence-electron chi connectivity index (χ3n) is 2.17. The first kappa shape index (κ1) is 16.0. The summed E-state index contributed by atoms with van der Waals surface area (Å²) < 4.78 is 0. The Kier molecular flexibility index (Phi) is 6.03. The van der Waals surface area contributed by atoms with Gasteiger partial charge in [-0.25, -0.2) is 0 Å². The molecule has 0 nitrogen and oxygen atoms in total. The van der Waals surface area contributed by atoms with Gasteiger partial charge in [0.2, 0.25) is 0 Å². The molecule has 0 rings (SSSR count). The van der Waals surface area contributed by atoms with Crippen LogP contribution < -0.4 is 0 Å². The molecule has 1 heteroatoms. The van der Waals surface area contributed by atoms with Crippen LogP contribution in [-0.4, -0.2) is 0 Å². The molecule has 0 unspecified atom stereocenters. The predicted molar refractivity (Wildman–Crippen MR) is 56.7 cm³/mol. The number of rotatable bonds is 0. The fourth-order valence-electron chi connectivity index (χ4n) is 0.905. The molecule has 0 aromatic heterocycles. The molecule has 75 valence electrons. The summed E-state index contributed by atoms with van der Waals surface area (Å²) in [6.07, 6.45) is 0. The van der Waals surface area contributed by atoms with Crippen LogP contribution in [0, 0.1) is 24.7 Å². The van der Waals surface area contributed by atoms with Crippen molar-refractivity contribution in [3.63, 3.8) is 0 Å². The molecule has 0 N–H and O–H groups in total. The Morgan fingerprint density at radius 1 is 0.692 bits per heavy atom. The summed E-state index contributed by atoms with van der Waals surface area (Å²) in [4.78, 5) is 0. The van der Waals surface area contributed by atoms with Gasteiger partial charge < -0.3 is 25.0 Å². The summed E-state index contributed by atoms with van der Waals surface area (Å²) in [5.74, 6) is 0. The summed E-state index contributed by atoms with van der Waals surface area (Å²) in [6.45, 7) is 21.2. The van der Waals surface area contributed by atoms with Gasteiger partial charge in [-0.05, 0) is 0 Å². The van der Waals surface area contributed by atoms with Gasteiger partial charge in [-0.15, -0.1) is 10.8 Å². The Morgan fingerprint density at radius 3 is 0.923 bits per heavy atom. The molecule has 1 radical (unpaired) electrons. The minimum Gasteiger partial charge on any atom is -0.358 e. The molecular formula is C12H22Y-2. The fraction of sp³-hybridized carbons (Fsp3) is 0.667. The topological polar surface area (TPSA) is 0 Å². The number of allylic oxidation sites excluding steroid dienone is 2. The van der Waals surface area contributed by atoms with Crippen molar-refractivity contribution in [2.24, 2.45) is 10.8 Å². The molecule has 0 saturated carbocycles. The van der Waals surface area contributed by atoms with Crippen molar-refractivity contribution < 1.29 is 32.7 Å². The smallest absolute Gasteiger partial charge is 0 e. The Hall–Kier alpha value is 0.584. The van der Waals surface area contributed by atoms with Crippen molar-refractivity contribution in [3.05, 3.63) is 25.0 Å². The zero-order chi connectivity index (χ0) is 10.2. The van der Waals surface area contributed by atoms with Gasteiger partial charge in [0, 0.05) is 32.7 Å². The zero-order valence-electron chi connectivity index (χ0n) is 9.99. The summed E-state index contributed by atoms with van der Waals surface area (Å²) >= 11 is 0. The van der Waals surface area contributed by atoms with Crippen molar-refractivity contribution in [1.29, 1.82) is 0 Å². The van der Waals surface area contributed by atoms with Gasteiger partial charge >= 0.3 is 0 Å². The van der Waals surface area contributed by atoms with Crippen LogP contribution in [-0.2, 0) is 32.7 Å². The average molecular weight is 255 g/mol. The van der Waals surface area contributed by atoms with Gasteiger partial charge in [0.25, 0.3) is 0 Å². The molecule has 0 amide bonds. The van der Waals surface area contributed by atoms with Crippen LogP contribution in [0.5, 0.6) is 0 Å². The van der Waals surface area contributed by atoms with Crippen LogP contribution >= 0.6 is 0 Å². The van der Waals surface area contributed by atoms with Crippen molar-refractivity contribution >= 4 is 0 Å². The molecule has 0 saturated heterocycles. The minimum atomic E-state index is 0. The van der Waals surface area contributed by atoms with E-state index in [2.05, 4.69) is 55.4 Å². The molecule has 0 bridgehead atoms. The van der Waals surface area contributed by atoms with E-state index in [1.54, 1.807) is 0 Å². The first-order valence-corrected chi connectivity index (χ1v) is 4.46. The van der Waals surface area contributed by atoms with E-state index in [9.17, 15) is 0 Å². The second kappa shape index (κ2) is 4.89. The molecule has 0 atom stereocenters. The van der Waals surface area contributed by atoms with Gasteiger partial charge in [0.15, 0.2) is 0 Å². The SMILES string of the molecule is [CH2-]/C(=C(\[CH2-])C(C)(C)C)C(C)(C)C.[Y]. The third-order valence-corrected chi connectivity index (χ3v) is 2.17. The normalized spacial score (nSPS) is 14.6. The minimum absolute atomic E-state index is 0. The molecule has 0 spiro atoms. The van der Waals surface area contributed by atoms with E-state index in [1.807, 2.05) is 0 Å². The fourth-order valence-corrected chi connectivity index (χ4v) is 0.905. The first-order chi connectivity index (χ1) is 5.07. The van der Waals surface area contributed by atoms with Crippen molar-refractivity contribution in [2.45, 2.75) is 41.5 Å². The quantitative estimate of drug-likeness (QED) is 0.573. The number of hydrogen-bond donors (Lipinski definition) is 0. The van der Waals surface area contributed by atoms with Crippen LogP contribution in [0.25, 0.3) is 0 Å². The maximum absolute atomic E-state index is 4.09. The Labute approximate surface area is 109 Å². The predicted octanol–water partition coefficient (Wildman–Crippen LogP) is 4.04. The third kappa shape index (κ3) is 5.13. The Balaban J connectivity index is 0. The molecule has 0 fully saturated rings. The maximum Gasteiger partial charge on any atom is 0 e. The molecular weight excluding hydrogens is 233 g/mol. The molecule has 0 heterocycles. The molecule has 0 aromatic rings. The zero-order valence-corrected chi connectivity index (χ0v) is 12.8. The monoisotopic (exact) mass is 255 g/mol. The Bertz CT molecular complexity index is 164. The van der Waals surface area contributed by atoms with Crippen molar-refractivity contribution in [1.82, 2.24) is 0 Å². The maximum atomic E-state index is 4.09. The first-order valence-electron chi connectivity index (χ1n) is 4.46. The summed E-state index contributed by atoms with van der Waals surface area (Å²) in [7, 11) is 0. The van der Waals surface area contributed by atoms with Crippen LogP contribution in [0.15, 0.2) is 11.1 Å². The molecule has 0 aliphatic heterocycles. The molecule has 0 aliphatic rings. The average Bonchev–Trinajstić information content (AvgIpc) is 1.80. The van der Waals surface area contributed by atoms with Crippen molar-refractivity contribution in [3.8, 4) is 0 Å². The van der Waals surface area contributed by atoms with Gasteiger partial charge in [0.1, 0.15) is 0 Å². The van der Waals surface area contributed by atoms with Gasteiger partial charge in [-0.1, -0.05) is 41.5 Å². The second-order valence-electron chi connectivity index (χ2n) is 5.46. The second-order valence-corrected chi connectivity index (χ2v) is 5.46. The van der Waals surface area contributed by atoms with E-state index >= 15 is 0 Å². The van der Waals surface area contributed by atoms with Crippen LogP contribution in [0.4, 0.5) is 0 Å². The van der Waals surface area contributed by atoms with E-state index in [0.717, 1.165) is 11.1 Å². The molecule has 0 aromatic carbocycles. The van der Waals surface area contributed by atoms with E-state index in [-0.39, 0.29) is 43.5 Å². The largest absolute Gasteiger partial charge is 0.358 e. The van der Waals surface area contributed by atoms with Gasteiger partial charge in [-0.3, -0.25) is 0 Å². The van der Waals surface area contributed by atoms with E-state index in [1.165, 1.54) is 0 Å². The van der Waals surface area contributed by atoms with Crippen LogP contribution in [0.2, 0.25) is 0 Å². The summed E-state index contributed by atoms with van der Waals surface area (Å²) in [5, 5.41) is 0. The van der Waals surface area contributed by atoms with Crippen LogP contribution in [0.3, 0.4) is 0 Å². The van der Waals surface area contributed by atoms with Gasteiger partial charge in [0.05, 0.1) is 0 Å². The summed E-state index contributed by atoms with van der Waals surface area (Å²) in [6, 6.07) is 0. The van der Waals surface area contributed by atoms with E-state index in [4.69, 9.17) is 0 Å².